The number of nitrogens with one attached hydrogen (secondary N) is 1. The van der Waals surface area contributed by atoms with Crippen molar-refractivity contribution < 1.29 is 4.74 Å². The number of hydrogen-bond acceptors (Lipinski definition) is 8. The highest BCUT2D eigenvalue weighted by Crippen LogP contribution is 2.26. The van der Waals surface area contributed by atoms with Crippen LogP contribution >= 0.6 is 0 Å². The zero-order valence-corrected chi connectivity index (χ0v) is 20.7. The number of benzene rings is 2. The van der Waals surface area contributed by atoms with Gasteiger partial charge in [-0.2, -0.15) is 15.0 Å². The largest absolute Gasteiger partial charge is 0.378 e. The van der Waals surface area contributed by atoms with Gasteiger partial charge >= 0.3 is 0 Å². The lowest BCUT2D eigenvalue weighted by Crippen LogP contribution is -2.38. The zero-order chi connectivity index (χ0) is 24.3. The van der Waals surface area contributed by atoms with Gasteiger partial charge in [0.05, 0.1) is 24.2 Å². The van der Waals surface area contributed by atoms with Gasteiger partial charge in [0.1, 0.15) is 5.82 Å². The molecule has 2 aromatic heterocycles. The molecule has 0 bridgehead atoms. The van der Waals surface area contributed by atoms with Crippen LogP contribution in [0.4, 0.5) is 23.5 Å². The highest BCUT2D eigenvalue weighted by Gasteiger charge is 2.21. The molecule has 2 aliphatic rings. The van der Waals surface area contributed by atoms with Crippen LogP contribution in [-0.2, 0) is 11.3 Å². The average Bonchev–Trinajstić information content (AvgIpc) is 3.24. The molecule has 6 rings (SSSR count). The molecular formula is C27H32N8O. The number of rotatable bonds is 6. The molecule has 9 nitrogen and oxygen atoms in total. The van der Waals surface area contributed by atoms with Crippen molar-refractivity contribution in [3.8, 4) is 0 Å². The molecule has 0 atom stereocenters. The van der Waals surface area contributed by atoms with Crippen LogP contribution in [0.15, 0.2) is 48.5 Å². The third-order valence-electron chi connectivity index (χ3n) is 6.92. The Labute approximate surface area is 211 Å². The predicted molar refractivity (Wildman–Crippen MR) is 142 cm³/mol. The molecule has 186 valence electrons. The quantitative estimate of drug-likeness (QED) is 0.437. The molecule has 0 saturated carbocycles. The lowest BCUT2D eigenvalue weighted by molar-refractivity contribution is 0.122. The van der Waals surface area contributed by atoms with Gasteiger partial charge < -0.3 is 24.4 Å². The minimum Gasteiger partial charge on any atom is -0.378 e. The van der Waals surface area contributed by atoms with Crippen LogP contribution in [0, 0.1) is 6.92 Å². The van der Waals surface area contributed by atoms with Crippen molar-refractivity contribution in [1.29, 1.82) is 0 Å². The maximum Gasteiger partial charge on any atom is 0.233 e. The SMILES string of the molecule is Cc1nc2cc(Nc3nc(N4CCCCC4)nc(N4CCOCC4)n3)ccc2n1Cc1ccccc1. The summed E-state index contributed by atoms with van der Waals surface area (Å²) in [6, 6.07) is 16.8. The molecule has 4 aromatic rings. The summed E-state index contributed by atoms with van der Waals surface area (Å²) >= 11 is 0. The van der Waals surface area contributed by atoms with E-state index in [1.165, 1.54) is 24.8 Å². The molecule has 2 aromatic carbocycles. The van der Waals surface area contributed by atoms with E-state index in [1.807, 2.05) is 6.07 Å². The summed E-state index contributed by atoms with van der Waals surface area (Å²) < 4.78 is 7.79. The Hall–Kier alpha value is -3.72. The summed E-state index contributed by atoms with van der Waals surface area (Å²) in [4.78, 5) is 23.7. The third-order valence-corrected chi connectivity index (χ3v) is 6.92. The van der Waals surface area contributed by atoms with Crippen molar-refractivity contribution in [2.75, 3.05) is 54.5 Å². The monoisotopic (exact) mass is 484 g/mol. The molecule has 36 heavy (non-hydrogen) atoms. The topological polar surface area (TPSA) is 84.2 Å². The Kier molecular flexibility index (Phi) is 6.38. The van der Waals surface area contributed by atoms with E-state index in [4.69, 9.17) is 24.7 Å². The van der Waals surface area contributed by atoms with E-state index in [0.29, 0.717) is 25.1 Å². The number of anilines is 4. The van der Waals surface area contributed by atoms with Gasteiger partial charge in [-0.1, -0.05) is 30.3 Å². The number of imidazole rings is 1. The van der Waals surface area contributed by atoms with Crippen molar-refractivity contribution in [3.63, 3.8) is 0 Å². The number of nitrogens with zero attached hydrogens (tertiary/aromatic N) is 7. The van der Waals surface area contributed by atoms with Crippen LogP contribution in [0.25, 0.3) is 11.0 Å². The maximum absolute atomic E-state index is 5.54. The van der Waals surface area contributed by atoms with Crippen LogP contribution in [0.3, 0.4) is 0 Å². The zero-order valence-electron chi connectivity index (χ0n) is 20.7. The minimum atomic E-state index is 0.562. The van der Waals surface area contributed by atoms with E-state index in [2.05, 4.69) is 69.1 Å². The fraction of sp³-hybridized carbons (Fsp3) is 0.407. The van der Waals surface area contributed by atoms with E-state index in [-0.39, 0.29) is 0 Å². The summed E-state index contributed by atoms with van der Waals surface area (Å²) in [5.74, 6) is 3.01. The van der Waals surface area contributed by atoms with Gasteiger partial charge in [0.2, 0.25) is 17.8 Å². The summed E-state index contributed by atoms with van der Waals surface area (Å²) in [5, 5.41) is 3.44. The van der Waals surface area contributed by atoms with Gasteiger partial charge in [-0.15, -0.1) is 0 Å². The van der Waals surface area contributed by atoms with E-state index in [1.54, 1.807) is 0 Å². The fourth-order valence-corrected chi connectivity index (χ4v) is 4.97. The number of ether oxygens (including phenoxy) is 1. The normalized spacial score (nSPS) is 16.5. The van der Waals surface area contributed by atoms with Crippen LogP contribution in [0.5, 0.6) is 0 Å². The van der Waals surface area contributed by atoms with E-state index in [9.17, 15) is 0 Å². The number of piperidine rings is 1. The standard InChI is InChI=1S/C27H32N8O/c1-20-28-23-18-22(10-11-24(23)35(20)19-21-8-4-2-5-9-21)29-25-30-26(33-12-6-3-7-13-33)32-27(31-25)34-14-16-36-17-15-34/h2,4-5,8-11,18H,3,6-7,12-17,19H2,1H3,(H,29,30,31,32). The number of hydrogen-bond donors (Lipinski definition) is 1. The Bertz CT molecular complexity index is 1290. The fourth-order valence-electron chi connectivity index (χ4n) is 4.97. The van der Waals surface area contributed by atoms with E-state index >= 15 is 0 Å². The highest BCUT2D eigenvalue weighted by atomic mass is 16.5. The molecule has 2 saturated heterocycles. The lowest BCUT2D eigenvalue weighted by atomic mass is 10.1. The number of morpholine rings is 1. The number of aryl methyl sites for hydroxylation is 1. The van der Waals surface area contributed by atoms with Gasteiger partial charge in [-0.05, 0) is 49.9 Å². The first-order valence-electron chi connectivity index (χ1n) is 12.8. The smallest absolute Gasteiger partial charge is 0.233 e. The van der Waals surface area contributed by atoms with Crippen molar-refractivity contribution in [2.24, 2.45) is 0 Å². The summed E-state index contributed by atoms with van der Waals surface area (Å²) in [6.07, 6.45) is 3.60. The molecule has 4 heterocycles. The first kappa shape index (κ1) is 22.7. The third kappa shape index (κ3) is 4.83. The molecule has 2 aliphatic heterocycles. The van der Waals surface area contributed by atoms with Gasteiger partial charge in [-0.25, -0.2) is 4.98 Å². The van der Waals surface area contributed by atoms with E-state index < -0.39 is 0 Å². The first-order chi connectivity index (χ1) is 17.7. The predicted octanol–water partition coefficient (Wildman–Crippen LogP) is 4.15. The van der Waals surface area contributed by atoms with Crippen LogP contribution < -0.4 is 15.1 Å². The van der Waals surface area contributed by atoms with Crippen LogP contribution in [-0.4, -0.2) is 63.9 Å². The molecule has 1 N–H and O–H groups in total. The van der Waals surface area contributed by atoms with Crippen molar-refractivity contribution in [2.45, 2.75) is 32.7 Å². The molecule has 2 fully saturated rings. The molecule has 0 unspecified atom stereocenters. The molecule has 0 amide bonds. The summed E-state index contributed by atoms with van der Waals surface area (Å²) in [6.45, 7) is 7.77. The Morgan fingerprint density at radius 1 is 0.806 bits per heavy atom. The minimum absolute atomic E-state index is 0.562. The maximum atomic E-state index is 5.54. The number of fused-ring (bicyclic) bond motifs is 1. The Morgan fingerprint density at radius 2 is 1.53 bits per heavy atom. The first-order valence-corrected chi connectivity index (χ1v) is 12.8. The van der Waals surface area contributed by atoms with Gasteiger partial charge in [0, 0.05) is 38.4 Å². The highest BCUT2D eigenvalue weighted by molar-refractivity contribution is 5.81. The molecule has 9 heteroatoms. The molecule has 0 aliphatic carbocycles. The molecule has 0 radical (unpaired) electrons. The van der Waals surface area contributed by atoms with Gasteiger partial charge in [-0.3, -0.25) is 0 Å². The Morgan fingerprint density at radius 3 is 2.28 bits per heavy atom. The lowest BCUT2D eigenvalue weighted by Gasteiger charge is -2.30. The van der Waals surface area contributed by atoms with Gasteiger partial charge in [0.15, 0.2) is 0 Å². The second-order valence-corrected chi connectivity index (χ2v) is 9.47. The number of aromatic nitrogens is 5. The Balaban J connectivity index is 1.29. The van der Waals surface area contributed by atoms with Crippen LogP contribution in [0.1, 0.15) is 30.7 Å². The second-order valence-electron chi connectivity index (χ2n) is 9.47. The molecular weight excluding hydrogens is 452 g/mol. The summed E-state index contributed by atoms with van der Waals surface area (Å²) in [7, 11) is 0. The van der Waals surface area contributed by atoms with Crippen LogP contribution in [0.2, 0.25) is 0 Å². The van der Waals surface area contributed by atoms with Gasteiger partial charge in [0.25, 0.3) is 0 Å². The second kappa shape index (κ2) is 10.1. The van der Waals surface area contributed by atoms with Crippen molar-refractivity contribution in [1.82, 2.24) is 24.5 Å². The molecule has 0 spiro atoms. The van der Waals surface area contributed by atoms with E-state index in [0.717, 1.165) is 61.2 Å². The van der Waals surface area contributed by atoms with Crippen molar-refractivity contribution >= 4 is 34.6 Å². The summed E-state index contributed by atoms with van der Waals surface area (Å²) in [5.41, 5.74) is 4.23. The van der Waals surface area contributed by atoms with Crippen molar-refractivity contribution in [3.05, 3.63) is 59.9 Å². The average molecular weight is 485 g/mol.